The molecule has 38 heavy (non-hydrogen) atoms. The number of nitrogens with zero attached hydrogens (tertiary/aromatic N) is 1. The highest BCUT2D eigenvalue weighted by molar-refractivity contribution is 6.25. The van der Waals surface area contributed by atoms with E-state index in [0.717, 1.165) is 27.8 Å². The average Bonchev–Trinajstić information content (AvgIpc) is 3.14. The molecule has 4 aromatic carbocycles. The summed E-state index contributed by atoms with van der Waals surface area (Å²) in [5, 5.41) is 0. The standard InChI is InChI=1S/C33H25NO4/c1-33-29-25-16-7-5-14-23(25)28(24-15-6-8-17-26(24)29)30(33)31(36)34(32(33)37)21-12-9-13-22(19-21)38-27(35)18-20-10-3-2-4-11-20/h2-17,19,28-30H,18H2,1H3/t28?,29?,30-,33-/m1/s1. The maximum atomic E-state index is 14.3. The van der Waals surface area contributed by atoms with E-state index in [9.17, 15) is 14.4 Å². The van der Waals surface area contributed by atoms with E-state index in [-0.39, 0.29) is 30.1 Å². The highest BCUT2D eigenvalue weighted by Gasteiger charge is 2.68. The summed E-state index contributed by atoms with van der Waals surface area (Å²) in [4.78, 5) is 42.3. The summed E-state index contributed by atoms with van der Waals surface area (Å²) in [7, 11) is 0. The molecule has 4 aliphatic rings. The molecule has 1 aliphatic heterocycles. The van der Waals surface area contributed by atoms with Crippen LogP contribution in [0.25, 0.3) is 0 Å². The zero-order chi connectivity index (χ0) is 26.0. The fourth-order valence-corrected chi connectivity index (χ4v) is 6.98. The van der Waals surface area contributed by atoms with Crippen LogP contribution >= 0.6 is 0 Å². The van der Waals surface area contributed by atoms with Crippen molar-refractivity contribution in [3.05, 3.63) is 131 Å². The molecule has 8 rings (SSSR count). The number of rotatable bonds is 4. The van der Waals surface area contributed by atoms with Crippen LogP contribution in [0.2, 0.25) is 0 Å². The zero-order valence-corrected chi connectivity index (χ0v) is 20.8. The van der Waals surface area contributed by atoms with Crippen molar-refractivity contribution in [3.63, 3.8) is 0 Å². The van der Waals surface area contributed by atoms with Gasteiger partial charge in [-0.1, -0.05) is 84.9 Å². The topological polar surface area (TPSA) is 63.7 Å². The average molecular weight is 500 g/mol. The van der Waals surface area contributed by atoms with Gasteiger partial charge in [0, 0.05) is 17.9 Å². The van der Waals surface area contributed by atoms with Crippen molar-refractivity contribution >= 4 is 23.5 Å². The Morgan fingerprint density at radius 2 is 1.39 bits per heavy atom. The van der Waals surface area contributed by atoms with Gasteiger partial charge in [0.25, 0.3) is 0 Å². The molecule has 2 amide bonds. The van der Waals surface area contributed by atoms with Crippen LogP contribution < -0.4 is 9.64 Å². The van der Waals surface area contributed by atoms with Crippen LogP contribution in [-0.2, 0) is 20.8 Å². The molecule has 0 unspecified atom stereocenters. The number of esters is 1. The second-order valence-corrected chi connectivity index (χ2v) is 10.5. The van der Waals surface area contributed by atoms with Crippen molar-refractivity contribution in [1.82, 2.24) is 0 Å². The van der Waals surface area contributed by atoms with Gasteiger partial charge in [-0.15, -0.1) is 0 Å². The predicted octanol–water partition coefficient (Wildman–Crippen LogP) is 5.62. The minimum absolute atomic E-state index is 0.132. The third-order valence-corrected chi connectivity index (χ3v) is 8.51. The lowest BCUT2D eigenvalue weighted by atomic mass is 9.48. The van der Waals surface area contributed by atoms with Gasteiger partial charge in [0.05, 0.1) is 23.4 Å². The van der Waals surface area contributed by atoms with Gasteiger partial charge < -0.3 is 4.74 Å². The highest BCUT2D eigenvalue weighted by Crippen LogP contribution is 2.67. The summed E-state index contributed by atoms with van der Waals surface area (Å²) in [6.07, 6.45) is 0.132. The number of ether oxygens (including phenoxy) is 1. The van der Waals surface area contributed by atoms with Crippen LogP contribution in [0.3, 0.4) is 0 Å². The number of benzene rings is 4. The van der Waals surface area contributed by atoms with Gasteiger partial charge in [-0.3, -0.25) is 14.4 Å². The van der Waals surface area contributed by atoms with Gasteiger partial charge in [0.1, 0.15) is 5.75 Å². The summed E-state index contributed by atoms with van der Waals surface area (Å²) in [5.41, 5.74) is 4.88. The van der Waals surface area contributed by atoms with E-state index in [4.69, 9.17) is 4.74 Å². The van der Waals surface area contributed by atoms with Gasteiger partial charge in [-0.2, -0.15) is 0 Å². The molecule has 1 fully saturated rings. The highest BCUT2D eigenvalue weighted by atomic mass is 16.5. The van der Waals surface area contributed by atoms with Crippen molar-refractivity contribution in [1.29, 1.82) is 0 Å². The maximum Gasteiger partial charge on any atom is 0.315 e. The van der Waals surface area contributed by atoms with Crippen LogP contribution in [0.15, 0.2) is 103 Å². The minimum Gasteiger partial charge on any atom is -0.426 e. The number of amides is 2. The first-order valence-corrected chi connectivity index (χ1v) is 12.9. The van der Waals surface area contributed by atoms with E-state index >= 15 is 0 Å². The Balaban J connectivity index is 1.26. The van der Waals surface area contributed by atoms with Crippen LogP contribution in [0.5, 0.6) is 5.75 Å². The first-order chi connectivity index (χ1) is 18.5. The van der Waals surface area contributed by atoms with Crippen molar-refractivity contribution in [3.8, 4) is 5.75 Å². The molecule has 186 valence electrons. The molecule has 2 atom stereocenters. The monoisotopic (exact) mass is 499 g/mol. The molecule has 3 aliphatic carbocycles. The molecule has 1 saturated heterocycles. The van der Waals surface area contributed by atoms with Gasteiger partial charge in [0.2, 0.25) is 11.8 Å². The molecule has 0 radical (unpaired) electrons. The first kappa shape index (κ1) is 22.7. The summed E-state index contributed by atoms with van der Waals surface area (Å²) < 4.78 is 5.60. The predicted molar refractivity (Wildman–Crippen MR) is 143 cm³/mol. The molecule has 0 spiro atoms. The molecule has 2 bridgehead atoms. The van der Waals surface area contributed by atoms with Crippen LogP contribution in [0, 0.1) is 11.3 Å². The van der Waals surface area contributed by atoms with Crippen molar-refractivity contribution in [2.75, 3.05) is 4.90 Å². The number of hydrogen-bond acceptors (Lipinski definition) is 4. The summed E-state index contributed by atoms with van der Waals surface area (Å²) in [5.74, 6) is -1.42. The summed E-state index contributed by atoms with van der Waals surface area (Å²) >= 11 is 0. The molecular formula is C33H25NO4. The first-order valence-electron chi connectivity index (χ1n) is 12.9. The van der Waals surface area contributed by atoms with Crippen molar-refractivity contribution in [2.24, 2.45) is 11.3 Å². The Bertz CT molecular complexity index is 1580. The van der Waals surface area contributed by atoms with E-state index < -0.39 is 17.3 Å². The SMILES string of the molecule is C[C@]12C(=O)N(c3cccc(OC(=O)Cc4ccccc4)c3)C(=O)[C@H]1C1c3ccccc3C2c2ccccc21. The summed E-state index contributed by atoms with van der Waals surface area (Å²) in [6, 6.07) is 32.5. The van der Waals surface area contributed by atoms with E-state index in [0.29, 0.717) is 11.4 Å². The van der Waals surface area contributed by atoms with Crippen LogP contribution in [-0.4, -0.2) is 17.8 Å². The molecule has 5 heteroatoms. The molecule has 0 N–H and O–H groups in total. The fraction of sp³-hybridized carbons (Fsp3) is 0.182. The third kappa shape index (κ3) is 3.08. The second-order valence-electron chi connectivity index (χ2n) is 10.5. The summed E-state index contributed by atoms with van der Waals surface area (Å²) in [6.45, 7) is 1.95. The van der Waals surface area contributed by atoms with Gasteiger partial charge >= 0.3 is 5.97 Å². The lowest BCUT2D eigenvalue weighted by Gasteiger charge is -2.51. The van der Waals surface area contributed by atoms with E-state index in [1.165, 1.54) is 4.90 Å². The molecule has 5 nitrogen and oxygen atoms in total. The van der Waals surface area contributed by atoms with Crippen LogP contribution in [0.4, 0.5) is 5.69 Å². The molecule has 0 saturated carbocycles. The minimum atomic E-state index is -0.912. The third-order valence-electron chi connectivity index (χ3n) is 8.51. The fourth-order valence-electron chi connectivity index (χ4n) is 6.98. The Labute approximate surface area is 220 Å². The lowest BCUT2D eigenvalue weighted by Crippen LogP contribution is -2.49. The second kappa shape index (κ2) is 8.25. The van der Waals surface area contributed by atoms with Gasteiger partial charge in [-0.05, 0) is 46.9 Å². The lowest BCUT2D eigenvalue weighted by molar-refractivity contribution is -0.133. The number of carbonyl (C=O) groups is 3. The Morgan fingerprint density at radius 3 is 2.05 bits per heavy atom. The Kier molecular flexibility index (Phi) is 4.92. The molecular weight excluding hydrogens is 474 g/mol. The number of imide groups is 1. The maximum absolute atomic E-state index is 14.3. The number of hydrogen-bond donors (Lipinski definition) is 0. The Morgan fingerprint density at radius 1 is 0.789 bits per heavy atom. The molecule has 1 heterocycles. The van der Waals surface area contributed by atoms with E-state index in [1.807, 2.05) is 61.5 Å². The Hall–Kier alpha value is -4.51. The van der Waals surface area contributed by atoms with Crippen molar-refractivity contribution < 1.29 is 19.1 Å². The van der Waals surface area contributed by atoms with Crippen molar-refractivity contribution in [2.45, 2.75) is 25.2 Å². The van der Waals surface area contributed by atoms with E-state index in [2.05, 4.69) is 24.3 Å². The molecule has 4 aromatic rings. The number of anilines is 1. The number of carbonyl (C=O) groups excluding carboxylic acids is 3. The quantitative estimate of drug-likeness (QED) is 0.208. The van der Waals surface area contributed by atoms with Gasteiger partial charge in [-0.25, -0.2) is 4.90 Å². The normalized spacial score (nSPS) is 24.6. The van der Waals surface area contributed by atoms with E-state index in [1.54, 1.807) is 24.3 Å². The largest absolute Gasteiger partial charge is 0.426 e. The van der Waals surface area contributed by atoms with Crippen LogP contribution in [0.1, 0.15) is 46.6 Å². The smallest absolute Gasteiger partial charge is 0.315 e. The van der Waals surface area contributed by atoms with Gasteiger partial charge in [0.15, 0.2) is 0 Å². The zero-order valence-electron chi connectivity index (χ0n) is 20.8. The molecule has 0 aromatic heterocycles.